The molecule has 5 heteroatoms. The van der Waals surface area contributed by atoms with Crippen molar-refractivity contribution in [3.05, 3.63) is 65.9 Å². The minimum atomic E-state index is 0.627. The van der Waals surface area contributed by atoms with E-state index in [0.717, 1.165) is 39.3 Å². The molecule has 114 valence electrons. The first kappa shape index (κ1) is 13.7. The summed E-state index contributed by atoms with van der Waals surface area (Å²) in [6, 6.07) is 10.2. The van der Waals surface area contributed by atoms with Gasteiger partial charge in [-0.1, -0.05) is 23.4 Å². The highest BCUT2D eigenvalue weighted by Gasteiger charge is 2.12. The van der Waals surface area contributed by atoms with E-state index < -0.39 is 0 Å². The molecule has 0 atom stereocenters. The molecule has 4 aromatic rings. The number of imidazole rings is 1. The van der Waals surface area contributed by atoms with Gasteiger partial charge in [-0.05, 0) is 25.5 Å². The Morgan fingerprint density at radius 2 is 2.00 bits per heavy atom. The van der Waals surface area contributed by atoms with Crippen molar-refractivity contribution in [3.8, 4) is 11.4 Å². The Balaban J connectivity index is 1.83. The van der Waals surface area contributed by atoms with Crippen molar-refractivity contribution >= 4 is 10.9 Å². The van der Waals surface area contributed by atoms with Gasteiger partial charge in [-0.15, -0.1) is 0 Å². The Labute approximate surface area is 133 Å². The van der Waals surface area contributed by atoms with E-state index in [1.807, 2.05) is 37.6 Å². The summed E-state index contributed by atoms with van der Waals surface area (Å²) >= 11 is 0. The van der Waals surface area contributed by atoms with Crippen LogP contribution in [0.3, 0.4) is 0 Å². The van der Waals surface area contributed by atoms with Crippen LogP contribution in [0.25, 0.3) is 22.3 Å². The predicted molar refractivity (Wildman–Crippen MR) is 88.0 cm³/mol. The zero-order valence-corrected chi connectivity index (χ0v) is 13.0. The number of aromatic nitrogens is 4. The summed E-state index contributed by atoms with van der Waals surface area (Å²) in [6.07, 6.45) is 5.59. The van der Waals surface area contributed by atoms with Crippen LogP contribution in [0.1, 0.15) is 17.0 Å². The summed E-state index contributed by atoms with van der Waals surface area (Å²) in [5, 5.41) is 5.17. The average Bonchev–Trinajstić information content (AvgIpc) is 3.18. The average molecular weight is 304 g/mol. The van der Waals surface area contributed by atoms with Crippen LogP contribution < -0.4 is 0 Å². The molecule has 0 aliphatic heterocycles. The fourth-order valence-corrected chi connectivity index (χ4v) is 2.86. The van der Waals surface area contributed by atoms with Crippen molar-refractivity contribution in [3.63, 3.8) is 0 Å². The standard InChI is InChI=1S/C18H16N4O/c1-12-5-6-16(15-4-3-7-19-17(12)15)18-20-8-9-22(18)11-14-10-13(2)23-21-14/h3-10H,11H2,1-2H3. The van der Waals surface area contributed by atoms with E-state index in [-0.39, 0.29) is 0 Å². The van der Waals surface area contributed by atoms with Crippen molar-refractivity contribution in [1.29, 1.82) is 0 Å². The third-order valence-electron chi connectivity index (χ3n) is 3.94. The normalized spacial score (nSPS) is 11.2. The Kier molecular flexibility index (Phi) is 3.19. The summed E-state index contributed by atoms with van der Waals surface area (Å²) < 4.78 is 7.23. The van der Waals surface area contributed by atoms with E-state index in [2.05, 4.69) is 44.8 Å². The highest BCUT2D eigenvalue weighted by atomic mass is 16.5. The monoisotopic (exact) mass is 304 g/mol. The fraction of sp³-hybridized carbons (Fsp3) is 0.167. The molecular formula is C18H16N4O. The van der Waals surface area contributed by atoms with Crippen molar-refractivity contribution < 1.29 is 4.52 Å². The van der Waals surface area contributed by atoms with Crippen LogP contribution in [-0.2, 0) is 6.54 Å². The van der Waals surface area contributed by atoms with Crippen molar-refractivity contribution in [2.24, 2.45) is 0 Å². The Bertz CT molecular complexity index is 984. The lowest BCUT2D eigenvalue weighted by molar-refractivity contribution is 0.389. The van der Waals surface area contributed by atoms with Crippen LogP contribution in [0.15, 0.2) is 53.4 Å². The van der Waals surface area contributed by atoms with Crippen LogP contribution in [0.4, 0.5) is 0 Å². The van der Waals surface area contributed by atoms with Gasteiger partial charge in [-0.2, -0.15) is 0 Å². The van der Waals surface area contributed by atoms with E-state index in [9.17, 15) is 0 Å². The topological polar surface area (TPSA) is 56.7 Å². The van der Waals surface area contributed by atoms with Crippen LogP contribution in [0.2, 0.25) is 0 Å². The minimum Gasteiger partial charge on any atom is -0.361 e. The predicted octanol–water partition coefficient (Wildman–Crippen LogP) is 3.75. The van der Waals surface area contributed by atoms with Gasteiger partial charge in [0.2, 0.25) is 0 Å². The molecule has 0 unspecified atom stereocenters. The molecule has 3 aromatic heterocycles. The molecule has 0 bridgehead atoms. The second-order valence-corrected chi connectivity index (χ2v) is 5.64. The molecule has 0 fully saturated rings. The number of aryl methyl sites for hydroxylation is 2. The summed E-state index contributed by atoms with van der Waals surface area (Å²) in [5.74, 6) is 1.72. The summed E-state index contributed by atoms with van der Waals surface area (Å²) in [5.41, 5.74) is 4.13. The molecule has 0 aliphatic rings. The Morgan fingerprint density at radius 1 is 1.09 bits per heavy atom. The van der Waals surface area contributed by atoms with Crippen molar-refractivity contribution in [2.45, 2.75) is 20.4 Å². The maximum atomic E-state index is 5.15. The Morgan fingerprint density at radius 3 is 2.83 bits per heavy atom. The van der Waals surface area contributed by atoms with Gasteiger partial charge in [0.25, 0.3) is 0 Å². The van der Waals surface area contributed by atoms with Gasteiger partial charge in [0.05, 0.1) is 12.1 Å². The molecule has 0 saturated heterocycles. The first-order valence-electron chi connectivity index (χ1n) is 7.50. The van der Waals surface area contributed by atoms with Gasteiger partial charge in [-0.3, -0.25) is 4.98 Å². The molecule has 0 amide bonds. The second-order valence-electron chi connectivity index (χ2n) is 5.64. The van der Waals surface area contributed by atoms with Gasteiger partial charge >= 0.3 is 0 Å². The van der Waals surface area contributed by atoms with E-state index in [4.69, 9.17) is 4.52 Å². The number of hydrogen-bond donors (Lipinski definition) is 0. The van der Waals surface area contributed by atoms with Gasteiger partial charge in [-0.25, -0.2) is 4.98 Å². The molecule has 0 aliphatic carbocycles. The quantitative estimate of drug-likeness (QED) is 0.578. The minimum absolute atomic E-state index is 0.627. The SMILES string of the molecule is Cc1cc(Cn2ccnc2-c2ccc(C)c3ncccc23)no1. The first-order chi connectivity index (χ1) is 11.2. The third-order valence-corrected chi connectivity index (χ3v) is 3.94. The van der Waals surface area contributed by atoms with Gasteiger partial charge in [0, 0.05) is 35.6 Å². The molecule has 0 spiro atoms. The third kappa shape index (κ3) is 2.40. The number of rotatable bonds is 3. The smallest absolute Gasteiger partial charge is 0.140 e. The number of nitrogens with zero attached hydrogens (tertiary/aromatic N) is 4. The molecule has 0 saturated carbocycles. The second kappa shape index (κ2) is 5.35. The number of fused-ring (bicyclic) bond motifs is 1. The van der Waals surface area contributed by atoms with Crippen molar-refractivity contribution in [1.82, 2.24) is 19.7 Å². The molecule has 4 rings (SSSR count). The summed E-state index contributed by atoms with van der Waals surface area (Å²) in [4.78, 5) is 9.05. The van der Waals surface area contributed by atoms with E-state index in [0.29, 0.717) is 6.54 Å². The van der Waals surface area contributed by atoms with Crippen LogP contribution in [-0.4, -0.2) is 19.7 Å². The van der Waals surface area contributed by atoms with Crippen LogP contribution in [0, 0.1) is 13.8 Å². The molecular weight excluding hydrogens is 288 g/mol. The zero-order chi connectivity index (χ0) is 15.8. The maximum absolute atomic E-state index is 5.15. The maximum Gasteiger partial charge on any atom is 0.140 e. The van der Waals surface area contributed by atoms with Gasteiger partial charge in [0.1, 0.15) is 17.3 Å². The lowest BCUT2D eigenvalue weighted by Gasteiger charge is -2.10. The highest BCUT2D eigenvalue weighted by molar-refractivity contribution is 5.94. The highest BCUT2D eigenvalue weighted by Crippen LogP contribution is 2.28. The lowest BCUT2D eigenvalue weighted by Crippen LogP contribution is -2.02. The van der Waals surface area contributed by atoms with Gasteiger partial charge < -0.3 is 9.09 Å². The molecule has 23 heavy (non-hydrogen) atoms. The van der Waals surface area contributed by atoms with E-state index in [1.165, 1.54) is 0 Å². The molecule has 5 nitrogen and oxygen atoms in total. The number of benzene rings is 1. The van der Waals surface area contributed by atoms with Crippen molar-refractivity contribution in [2.75, 3.05) is 0 Å². The number of pyridine rings is 1. The van der Waals surface area contributed by atoms with Gasteiger partial charge in [0.15, 0.2) is 0 Å². The Hall–Kier alpha value is -2.95. The first-order valence-corrected chi connectivity index (χ1v) is 7.50. The van der Waals surface area contributed by atoms with Crippen LogP contribution >= 0.6 is 0 Å². The van der Waals surface area contributed by atoms with E-state index >= 15 is 0 Å². The molecule has 3 heterocycles. The van der Waals surface area contributed by atoms with Crippen LogP contribution in [0.5, 0.6) is 0 Å². The zero-order valence-electron chi connectivity index (χ0n) is 13.0. The molecule has 1 aromatic carbocycles. The van der Waals surface area contributed by atoms with E-state index in [1.54, 1.807) is 0 Å². The summed E-state index contributed by atoms with van der Waals surface area (Å²) in [7, 11) is 0. The molecule has 0 radical (unpaired) electrons. The largest absolute Gasteiger partial charge is 0.361 e. The number of hydrogen-bond acceptors (Lipinski definition) is 4. The molecule has 0 N–H and O–H groups in total. The lowest BCUT2D eigenvalue weighted by atomic mass is 10.0. The fourth-order valence-electron chi connectivity index (χ4n) is 2.86. The summed E-state index contributed by atoms with van der Waals surface area (Å²) in [6.45, 7) is 4.59.